The lowest BCUT2D eigenvalue weighted by Crippen LogP contribution is -2.52. The molecule has 55 heavy (non-hydrogen) atoms. The van der Waals surface area contributed by atoms with Crippen LogP contribution in [-0.2, 0) is 20.9 Å². The largest absolute Gasteiger partial charge is 0.493 e. The first kappa shape index (κ1) is 37.2. The van der Waals surface area contributed by atoms with Crippen molar-refractivity contribution in [2.75, 3.05) is 43.0 Å². The number of aromatic nitrogens is 3. The molecule has 1 unspecified atom stereocenters. The molecule has 0 radical (unpaired) electrons. The van der Waals surface area contributed by atoms with Gasteiger partial charge >= 0.3 is 5.57 Å². The van der Waals surface area contributed by atoms with Gasteiger partial charge in [0.05, 0.1) is 24.4 Å². The zero-order valence-corrected chi connectivity index (χ0v) is 30.0. The zero-order chi connectivity index (χ0) is 38.7. The molecule has 0 aliphatic carbocycles. The fourth-order valence-corrected chi connectivity index (χ4v) is 6.89. The minimum atomic E-state index is -3.86. The first-order valence-electron chi connectivity index (χ1n) is 17.5. The van der Waals surface area contributed by atoms with E-state index in [1.807, 2.05) is 4.90 Å². The van der Waals surface area contributed by atoms with E-state index in [0.717, 1.165) is 0 Å². The van der Waals surface area contributed by atoms with E-state index in [1.54, 1.807) is 41.4 Å². The van der Waals surface area contributed by atoms with E-state index in [0.29, 0.717) is 72.2 Å². The van der Waals surface area contributed by atoms with E-state index in [-0.39, 0.29) is 61.4 Å². The molecule has 2 aromatic carbocycles. The van der Waals surface area contributed by atoms with Crippen LogP contribution in [0.4, 0.5) is 20.3 Å². The van der Waals surface area contributed by atoms with Crippen molar-refractivity contribution in [3.8, 4) is 22.8 Å². The van der Waals surface area contributed by atoms with Crippen LogP contribution in [0.25, 0.3) is 11.3 Å². The molecule has 3 N–H and O–H groups in total. The topological polar surface area (TPSA) is 179 Å². The van der Waals surface area contributed by atoms with Gasteiger partial charge in [-0.05, 0) is 61.4 Å². The van der Waals surface area contributed by atoms with Gasteiger partial charge in [-0.1, -0.05) is 6.07 Å². The molecule has 2 fully saturated rings. The number of anilines is 2. The molecule has 2 saturated heterocycles. The number of nitrogens with zero attached hydrogens (tertiary/aromatic N) is 5. The van der Waals surface area contributed by atoms with Gasteiger partial charge in [0.1, 0.15) is 23.4 Å². The Morgan fingerprint density at radius 3 is 2.51 bits per heavy atom. The molecule has 18 heteroatoms. The molecule has 2 aromatic heterocycles. The van der Waals surface area contributed by atoms with Crippen molar-refractivity contribution in [1.82, 2.24) is 30.3 Å². The number of carbonyl (C=O) groups excluding carboxylic acids is 5. The maximum absolute atomic E-state index is 13.2. The van der Waals surface area contributed by atoms with Crippen molar-refractivity contribution in [3.05, 3.63) is 83.7 Å². The summed E-state index contributed by atoms with van der Waals surface area (Å²) in [6.07, 6.45) is 4.17. The first-order chi connectivity index (χ1) is 26.4. The highest BCUT2D eigenvalue weighted by atomic mass is 35.5. The van der Waals surface area contributed by atoms with Gasteiger partial charge < -0.3 is 29.5 Å². The Balaban J connectivity index is 0.915. The van der Waals surface area contributed by atoms with Crippen molar-refractivity contribution < 1.29 is 42.2 Å². The number of H-pyrrole nitrogens is 1. The van der Waals surface area contributed by atoms with Gasteiger partial charge in [0.15, 0.2) is 0 Å². The van der Waals surface area contributed by atoms with Crippen molar-refractivity contribution in [1.29, 1.82) is 0 Å². The number of fused-ring (bicyclic) bond motifs is 1. The number of carbonyl (C=O) groups is 5. The summed E-state index contributed by atoms with van der Waals surface area (Å²) in [6.45, 7) is 2.33. The smallest absolute Gasteiger partial charge is 0.487 e. The number of piperidine rings is 1. The van der Waals surface area contributed by atoms with Crippen LogP contribution in [0.15, 0.2) is 67.0 Å². The van der Waals surface area contributed by atoms with Crippen LogP contribution in [0.5, 0.6) is 11.5 Å². The minimum absolute atomic E-state index is 0.0227. The van der Waals surface area contributed by atoms with Crippen LogP contribution in [0.1, 0.15) is 52.0 Å². The standard InChI is InChI=1S/C37H35ClF2N8O7/c38-37(39,40)55-24-8-6-23(7-9-24)43-34(51)22-19-26(28-12-13-42-45-28)33(41-20-22)47-16-14-46(15-17-47)32(50)5-2-18-54-30-4-1-3-25-27(30)21-48(36(25)53)29-10-11-31(49)44-35(29)52/h1,3-4,6-9,12-13,19-20,29H,2,5,10-11,14-18,21H2,(H,42,45)(H,43,51)(H,44,49,52). The number of alkyl halides is 3. The summed E-state index contributed by atoms with van der Waals surface area (Å²) in [5.41, 5.74) is -0.873. The fourth-order valence-electron chi connectivity index (χ4n) is 6.80. The number of halogens is 3. The van der Waals surface area contributed by atoms with Crippen molar-refractivity contribution in [2.24, 2.45) is 0 Å². The zero-order valence-electron chi connectivity index (χ0n) is 29.2. The predicted molar refractivity (Wildman–Crippen MR) is 194 cm³/mol. The number of hydrogen-bond acceptors (Lipinski definition) is 10. The SMILES string of the molecule is O=C1CCC(N2Cc3c(OCCCC(=O)N4CCN(c5ncc(C(=O)Nc6ccc(OC(F)(F)Cl)cc6)cc5-c5ccn[nH]5)CC4)cccc3C2=O)C(=O)N1. The average Bonchev–Trinajstić information content (AvgIpc) is 3.82. The second kappa shape index (κ2) is 15.7. The molecule has 4 aromatic rings. The maximum Gasteiger partial charge on any atom is 0.487 e. The highest BCUT2D eigenvalue weighted by molar-refractivity contribution is 6.20. The van der Waals surface area contributed by atoms with Crippen LogP contribution < -0.4 is 25.0 Å². The number of hydrogen-bond donors (Lipinski definition) is 3. The van der Waals surface area contributed by atoms with Gasteiger partial charge in [0.2, 0.25) is 17.7 Å². The van der Waals surface area contributed by atoms with E-state index in [9.17, 15) is 32.8 Å². The van der Waals surface area contributed by atoms with Gasteiger partial charge in [-0.15, -0.1) is 8.78 Å². The van der Waals surface area contributed by atoms with E-state index < -0.39 is 23.4 Å². The normalized spacial score (nSPS) is 17.2. The Bertz CT molecular complexity index is 2100. The molecule has 7 rings (SSSR count). The third kappa shape index (κ3) is 8.51. The van der Waals surface area contributed by atoms with E-state index in [1.165, 1.54) is 35.4 Å². The maximum atomic E-state index is 13.2. The molecular formula is C37H35ClF2N8O7. The molecule has 5 amide bonds. The summed E-state index contributed by atoms with van der Waals surface area (Å²) in [5, 5.41) is 12.0. The Kier molecular flexibility index (Phi) is 10.6. The third-order valence-corrected chi connectivity index (χ3v) is 9.61. The summed E-state index contributed by atoms with van der Waals surface area (Å²) in [4.78, 5) is 73.4. The molecule has 5 heterocycles. The first-order valence-corrected chi connectivity index (χ1v) is 17.9. The monoisotopic (exact) mass is 776 g/mol. The number of imide groups is 1. The van der Waals surface area contributed by atoms with Gasteiger partial charge in [0.25, 0.3) is 11.8 Å². The van der Waals surface area contributed by atoms with Gasteiger partial charge in [0, 0.05) is 85.4 Å². The summed E-state index contributed by atoms with van der Waals surface area (Å²) in [7, 11) is 0. The van der Waals surface area contributed by atoms with Crippen LogP contribution in [0.2, 0.25) is 0 Å². The summed E-state index contributed by atoms with van der Waals surface area (Å²) in [6, 6.07) is 13.2. The molecule has 1 atom stereocenters. The van der Waals surface area contributed by atoms with E-state index >= 15 is 0 Å². The average molecular weight is 777 g/mol. The molecule has 286 valence electrons. The van der Waals surface area contributed by atoms with E-state index in [2.05, 4.69) is 30.6 Å². The van der Waals surface area contributed by atoms with Crippen LogP contribution in [-0.4, -0.2) is 98.9 Å². The number of rotatable bonds is 12. The number of benzene rings is 2. The molecule has 0 spiro atoms. The van der Waals surface area contributed by atoms with Gasteiger partial charge in [-0.3, -0.25) is 34.4 Å². The Morgan fingerprint density at radius 2 is 1.80 bits per heavy atom. The van der Waals surface area contributed by atoms with Crippen LogP contribution in [0.3, 0.4) is 0 Å². The quantitative estimate of drug-likeness (QED) is 0.108. The minimum Gasteiger partial charge on any atom is -0.493 e. The molecule has 0 saturated carbocycles. The van der Waals surface area contributed by atoms with Gasteiger partial charge in [-0.25, -0.2) is 4.98 Å². The van der Waals surface area contributed by atoms with Crippen LogP contribution in [0, 0.1) is 0 Å². The molecule has 0 bridgehead atoms. The third-order valence-electron chi connectivity index (χ3n) is 9.53. The van der Waals surface area contributed by atoms with E-state index in [4.69, 9.17) is 16.3 Å². The summed E-state index contributed by atoms with van der Waals surface area (Å²) >= 11 is 4.82. The van der Waals surface area contributed by atoms with Crippen molar-refractivity contribution in [3.63, 3.8) is 0 Å². The lowest BCUT2D eigenvalue weighted by atomic mass is 10.0. The molecule has 3 aliphatic heterocycles. The predicted octanol–water partition coefficient (Wildman–Crippen LogP) is 4.16. The molecular weight excluding hydrogens is 742 g/mol. The number of aromatic amines is 1. The van der Waals surface area contributed by atoms with Crippen molar-refractivity contribution in [2.45, 2.75) is 43.8 Å². The Labute approximate surface area is 317 Å². The van der Waals surface area contributed by atoms with Gasteiger partial charge in [-0.2, -0.15) is 5.10 Å². The second-order valence-electron chi connectivity index (χ2n) is 13.1. The summed E-state index contributed by atoms with van der Waals surface area (Å²) in [5.74, 6) is -0.654. The number of piperazine rings is 1. The lowest BCUT2D eigenvalue weighted by molar-refractivity contribution is -0.137. The second-order valence-corrected chi connectivity index (χ2v) is 13.5. The number of nitrogens with one attached hydrogen (secondary N) is 3. The highest BCUT2D eigenvalue weighted by Crippen LogP contribution is 2.34. The molecule has 3 aliphatic rings. The Hall–Kier alpha value is -6.10. The number of ether oxygens (including phenoxy) is 2. The highest BCUT2D eigenvalue weighted by Gasteiger charge is 2.40. The fraction of sp³-hybridized carbons (Fsp3) is 0.324. The molecule has 15 nitrogen and oxygen atoms in total. The lowest BCUT2D eigenvalue weighted by Gasteiger charge is -2.36. The number of amides is 5. The Morgan fingerprint density at radius 1 is 1.02 bits per heavy atom. The van der Waals surface area contributed by atoms with Crippen LogP contribution >= 0.6 is 11.6 Å². The summed E-state index contributed by atoms with van der Waals surface area (Å²) < 4.78 is 36.2. The number of pyridine rings is 1. The van der Waals surface area contributed by atoms with Crippen molar-refractivity contribution >= 4 is 52.6 Å².